The lowest BCUT2D eigenvalue weighted by molar-refractivity contribution is -0.0542. The zero-order chi connectivity index (χ0) is 10.9. The molecule has 0 heterocycles. The quantitative estimate of drug-likeness (QED) is 0.479. The van der Waals surface area contributed by atoms with Crippen LogP contribution in [0.3, 0.4) is 0 Å². The van der Waals surface area contributed by atoms with E-state index in [1.165, 1.54) is 12.8 Å². The van der Waals surface area contributed by atoms with Gasteiger partial charge in [-0.3, -0.25) is 0 Å². The van der Waals surface area contributed by atoms with Crippen molar-refractivity contribution in [1.82, 2.24) is 0 Å². The fourth-order valence-corrected chi connectivity index (χ4v) is 2.03. The van der Waals surface area contributed by atoms with Gasteiger partial charge in [0.1, 0.15) is 5.60 Å². The van der Waals surface area contributed by atoms with Gasteiger partial charge in [0.15, 0.2) is 0 Å². The molecule has 1 heteroatoms. The SMILES string of the molecule is CCCCCC([O])(CCC)CCCC. The second-order valence-electron chi connectivity index (χ2n) is 4.49. The van der Waals surface area contributed by atoms with Crippen molar-refractivity contribution >= 4 is 0 Å². The summed E-state index contributed by atoms with van der Waals surface area (Å²) >= 11 is 0. The van der Waals surface area contributed by atoms with Crippen LogP contribution in [0.4, 0.5) is 0 Å². The van der Waals surface area contributed by atoms with E-state index >= 15 is 0 Å². The van der Waals surface area contributed by atoms with Crippen LogP contribution in [0.15, 0.2) is 0 Å². The number of rotatable bonds is 9. The Labute approximate surface area is 89.9 Å². The van der Waals surface area contributed by atoms with Crippen LogP contribution in [0.5, 0.6) is 0 Å². The third-order valence-electron chi connectivity index (χ3n) is 2.93. The summed E-state index contributed by atoms with van der Waals surface area (Å²) in [4.78, 5) is 0. The van der Waals surface area contributed by atoms with Gasteiger partial charge in [-0.15, -0.1) is 0 Å². The average molecular weight is 199 g/mol. The average Bonchev–Trinajstić information content (AvgIpc) is 2.16. The molecule has 0 aliphatic rings. The largest absolute Gasteiger partial charge is 0.229 e. The van der Waals surface area contributed by atoms with Crippen molar-refractivity contribution in [2.24, 2.45) is 0 Å². The van der Waals surface area contributed by atoms with Gasteiger partial charge in [-0.1, -0.05) is 59.3 Å². The van der Waals surface area contributed by atoms with Crippen LogP contribution < -0.4 is 0 Å². The van der Waals surface area contributed by atoms with Gasteiger partial charge in [0.05, 0.1) is 0 Å². The summed E-state index contributed by atoms with van der Waals surface area (Å²) in [5.41, 5.74) is -0.597. The van der Waals surface area contributed by atoms with E-state index in [1.54, 1.807) is 0 Å². The van der Waals surface area contributed by atoms with Crippen LogP contribution in [-0.4, -0.2) is 5.60 Å². The van der Waals surface area contributed by atoms with E-state index in [0.717, 1.165) is 44.9 Å². The summed E-state index contributed by atoms with van der Waals surface area (Å²) in [7, 11) is 0. The fourth-order valence-electron chi connectivity index (χ4n) is 2.03. The van der Waals surface area contributed by atoms with E-state index in [1.807, 2.05) is 0 Å². The minimum Gasteiger partial charge on any atom is -0.229 e. The molecular weight excluding hydrogens is 172 g/mol. The molecular formula is C13H27O. The van der Waals surface area contributed by atoms with Crippen molar-refractivity contribution in [2.75, 3.05) is 0 Å². The van der Waals surface area contributed by atoms with E-state index in [-0.39, 0.29) is 0 Å². The molecule has 0 fully saturated rings. The molecule has 0 aliphatic carbocycles. The topological polar surface area (TPSA) is 19.9 Å². The van der Waals surface area contributed by atoms with Crippen molar-refractivity contribution in [3.05, 3.63) is 0 Å². The molecule has 1 radical (unpaired) electrons. The lowest BCUT2D eigenvalue weighted by atomic mass is 9.87. The molecule has 0 aromatic carbocycles. The van der Waals surface area contributed by atoms with Gasteiger partial charge in [-0.05, 0) is 19.3 Å². The second-order valence-corrected chi connectivity index (χ2v) is 4.49. The zero-order valence-electron chi connectivity index (χ0n) is 10.3. The van der Waals surface area contributed by atoms with E-state index in [4.69, 9.17) is 0 Å². The van der Waals surface area contributed by atoms with Crippen molar-refractivity contribution in [1.29, 1.82) is 0 Å². The van der Waals surface area contributed by atoms with Gasteiger partial charge >= 0.3 is 0 Å². The third kappa shape index (κ3) is 6.42. The predicted molar refractivity (Wildman–Crippen MR) is 62.0 cm³/mol. The molecule has 0 N–H and O–H groups in total. The van der Waals surface area contributed by atoms with Crippen molar-refractivity contribution in [2.45, 2.75) is 84.2 Å². The smallest absolute Gasteiger partial charge is 0.104 e. The maximum atomic E-state index is 12.3. The van der Waals surface area contributed by atoms with Gasteiger partial charge in [-0.25, -0.2) is 5.11 Å². The van der Waals surface area contributed by atoms with E-state index in [9.17, 15) is 5.11 Å². The van der Waals surface area contributed by atoms with Crippen molar-refractivity contribution < 1.29 is 5.11 Å². The summed E-state index contributed by atoms with van der Waals surface area (Å²) in [6.45, 7) is 6.48. The van der Waals surface area contributed by atoms with E-state index < -0.39 is 5.60 Å². The highest BCUT2D eigenvalue weighted by atomic mass is 16.3. The standard InChI is InChI=1S/C13H27O/c1-4-7-9-12-13(14,10-6-3)11-8-5-2/h4-12H2,1-3H3. The molecule has 0 saturated carbocycles. The van der Waals surface area contributed by atoms with Gasteiger partial charge in [0, 0.05) is 0 Å². The normalized spacial score (nSPS) is 15.4. The molecule has 0 spiro atoms. The summed E-state index contributed by atoms with van der Waals surface area (Å²) in [5, 5.41) is 12.3. The molecule has 1 atom stereocenters. The lowest BCUT2D eigenvalue weighted by Crippen LogP contribution is -2.26. The van der Waals surface area contributed by atoms with Crippen molar-refractivity contribution in [3.8, 4) is 0 Å². The Hall–Kier alpha value is -0.0400. The van der Waals surface area contributed by atoms with Crippen LogP contribution in [0, 0.1) is 0 Å². The van der Waals surface area contributed by atoms with Crippen LogP contribution >= 0.6 is 0 Å². The van der Waals surface area contributed by atoms with Crippen molar-refractivity contribution in [3.63, 3.8) is 0 Å². The first kappa shape index (κ1) is 14.0. The number of hydrogen-bond acceptors (Lipinski definition) is 0. The maximum absolute atomic E-state index is 12.3. The molecule has 0 rings (SSSR count). The number of unbranched alkanes of at least 4 members (excludes halogenated alkanes) is 3. The summed E-state index contributed by atoms with van der Waals surface area (Å²) < 4.78 is 0. The zero-order valence-corrected chi connectivity index (χ0v) is 10.3. The monoisotopic (exact) mass is 199 g/mol. The highest BCUT2D eigenvalue weighted by molar-refractivity contribution is 4.77. The van der Waals surface area contributed by atoms with Crippen LogP contribution in [0.2, 0.25) is 0 Å². The summed E-state index contributed by atoms with van der Waals surface area (Å²) in [5.74, 6) is 0. The highest BCUT2D eigenvalue weighted by Crippen LogP contribution is 2.27. The summed E-state index contributed by atoms with van der Waals surface area (Å²) in [6.07, 6.45) is 9.53. The fraction of sp³-hybridized carbons (Fsp3) is 1.00. The van der Waals surface area contributed by atoms with E-state index in [0.29, 0.717) is 0 Å². The Morgan fingerprint density at radius 2 is 1.29 bits per heavy atom. The van der Waals surface area contributed by atoms with Crippen LogP contribution in [0.25, 0.3) is 0 Å². The second kappa shape index (κ2) is 8.28. The van der Waals surface area contributed by atoms with Gasteiger partial charge in [-0.2, -0.15) is 0 Å². The Morgan fingerprint density at radius 3 is 1.79 bits per heavy atom. The Kier molecular flexibility index (Phi) is 8.26. The number of hydrogen-bond donors (Lipinski definition) is 0. The molecule has 0 saturated heterocycles. The predicted octanol–water partition coefficient (Wildman–Crippen LogP) is 4.73. The molecule has 0 aliphatic heterocycles. The molecule has 1 unspecified atom stereocenters. The van der Waals surface area contributed by atoms with Crippen LogP contribution in [0.1, 0.15) is 78.6 Å². The first-order valence-corrected chi connectivity index (χ1v) is 6.39. The molecule has 0 aromatic heterocycles. The maximum Gasteiger partial charge on any atom is 0.104 e. The first-order valence-electron chi connectivity index (χ1n) is 6.39. The Morgan fingerprint density at radius 1 is 0.714 bits per heavy atom. The van der Waals surface area contributed by atoms with Crippen LogP contribution in [-0.2, 0) is 5.11 Å². The van der Waals surface area contributed by atoms with Gasteiger partial charge < -0.3 is 0 Å². The Balaban J connectivity index is 3.82. The minimum atomic E-state index is -0.597. The molecule has 0 amide bonds. The minimum absolute atomic E-state index is 0.597. The van der Waals surface area contributed by atoms with Gasteiger partial charge in [0.25, 0.3) is 0 Å². The molecule has 0 aromatic rings. The lowest BCUT2D eigenvalue weighted by Gasteiger charge is -2.25. The highest BCUT2D eigenvalue weighted by Gasteiger charge is 2.26. The molecule has 85 valence electrons. The first-order chi connectivity index (χ1) is 6.68. The Bertz CT molecular complexity index is 122. The van der Waals surface area contributed by atoms with Gasteiger partial charge in [0.2, 0.25) is 0 Å². The molecule has 0 bridgehead atoms. The third-order valence-corrected chi connectivity index (χ3v) is 2.93. The molecule has 1 nitrogen and oxygen atoms in total. The van der Waals surface area contributed by atoms with E-state index in [2.05, 4.69) is 20.8 Å². The molecule has 14 heavy (non-hydrogen) atoms. The summed E-state index contributed by atoms with van der Waals surface area (Å²) in [6, 6.07) is 0.